The fraction of sp³-hybridized carbons (Fsp3) is 0.826. The zero-order chi connectivity index (χ0) is 25.5. The molecule has 0 radical (unpaired) electrons. The molecule has 1 atom stereocenters. The molecule has 0 saturated carbocycles. The maximum Gasteiger partial charge on any atom is 0.407 e. The van der Waals surface area contributed by atoms with E-state index in [-0.39, 0.29) is 31.4 Å². The Labute approximate surface area is 197 Å². The second-order valence-electron chi connectivity index (χ2n) is 9.76. The Morgan fingerprint density at radius 2 is 1.12 bits per heavy atom. The van der Waals surface area contributed by atoms with Gasteiger partial charge in [-0.15, -0.1) is 0 Å². The van der Waals surface area contributed by atoms with Gasteiger partial charge in [-0.1, -0.05) is 0 Å². The first-order valence-electron chi connectivity index (χ1n) is 11.5. The second kappa shape index (κ2) is 15.3. The summed E-state index contributed by atoms with van der Waals surface area (Å²) < 4.78 is 20.6. The highest BCUT2D eigenvalue weighted by atomic mass is 16.6. The molecule has 10 heteroatoms. The topological polar surface area (TPSA) is 129 Å². The minimum Gasteiger partial charge on any atom is -0.462 e. The zero-order valence-corrected chi connectivity index (χ0v) is 21.2. The summed E-state index contributed by atoms with van der Waals surface area (Å²) in [4.78, 5) is 46.6. The van der Waals surface area contributed by atoms with Gasteiger partial charge in [0.15, 0.2) is 0 Å². The average Bonchev–Trinajstić information content (AvgIpc) is 2.63. The first kappa shape index (κ1) is 30.5. The van der Waals surface area contributed by atoms with Crippen LogP contribution in [-0.2, 0) is 28.5 Å². The standard InChI is InChI=1S/C23H42N2O8/c1-17(31-19(27)13-9-11-15-25-21(29)33-23(5,6)7)16-30-18(26)12-8-10-14-24-20(28)32-22(2,3)4/h17H,8-16H2,1-7H3,(H,24,28)(H,25,29). The van der Waals surface area contributed by atoms with Gasteiger partial charge in [0.1, 0.15) is 23.9 Å². The van der Waals surface area contributed by atoms with Gasteiger partial charge in [0.25, 0.3) is 0 Å². The number of hydrogen-bond donors (Lipinski definition) is 2. The molecule has 0 spiro atoms. The number of ether oxygens (including phenoxy) is 4. The fourth-order valence-corrected chi connectivity index (χ4v) is 2.40. The van der Waals surface area contributed by atoms with Crippen LogP contribution in [0, 0.1) is 0 Å². The molecule has 0 heterocycles. The number of alkyl carbamates (subject to hydrolysis) is 2. The Morgan fingerprint density at radius 1 is 0.697 bits per heavy atom. The molecule has 0 fully saturated rings. The van der Waals surface area contributed by atoms with E-state index in [4.69, 9.17) is 18.9 Å². The van der Waals surface area contributed by atoms with Crippen LogP contribution in [0.15, 0.2) is 0 Å². The van der Waals surface area contributed by atoms with E-state index in [9.17, 15) is 19.2 Å². The van der Waals surface area contributed by atoms with Gasteiger partial charge < -0.3 is 29.6 Å². The third kappa shape index (κ3) is 21.1. The van der Waals surface area contributed by atoms with E-state index in [0.717, 1.165) is 0 Å². The van der Waals surface area contributed by atoms with Crippen molar-refractivity contribution in [2.75, 3.05) is 19.7 Å². The third-order valence-electron chi connectivity index (χ3n) is 3.76. The quantitative estimate of drug-likeness (QED) is 0.234. The van der Waals surface area contributed by atoms with Crippen LogP contribution in [0.5, 0.6) is 0 Å². The van der Waals surface area contributed by atoms with Crippen molar-refractivity contribution >= 4 is 24.1 Å². The van der Waals surface area contributed by atoms with Crippen LogP contribution in [0.25, 0.3) is 0 Å². The van der Waals surface area contributed by atoms with Gasteiger partial charge in [0.05, 0.1) is 0 Å². The molecule has 2 N–H and O–H groups in total. The van der Waals surface area contributed by atoms with Crippen molar-refractivity contribution < 1.29 is 38.1 Å². The van der Waals surface area contributed by atoms with Gasteiger partial charge in [-0.3, -0.25) is 9.59 Å². The van der Waals surface area contributed by atoms with Gasteiger partial charge in [-0.05, 0) is 74.1 Å². The summed E-state index contributed by atoms with van der Waals surface area (Å²) in [5.41, 5.74) is -1.10. The second-order valence-corrected chi connectivity index (χ2v) is 9.76. The van der Waals surface area contributed by atoms with E-state index in [1.807, 2.05) is 0 Å². The molecular formula is C23H42N2O8. The van der Waals surface area contributed by atoms with Gasteiger partial charge in [-0.2, -0.15) is 0 Å². The number of nitrogens with one attached hydrogen (secondary N) is 2. The Morgan fingerprint density at radius 3 is 1.55 bits per heavy atom. The van der Waals surface area contributed by atoms with E-state index in [1.165, 1.54) is 0 Å². The van der Waals surface area contributed by atoms with Crippen molar-refractivity contribution in [1.82, 2.24) is 10.6 Å². The van der Waals surface area contributed by atoms with E-state index in [2.05, 4.69) is 10.6 Å². The number of rotatable bonds is 13. The normalized spacial score (nSPS) is 12.3. The van der Waals surface area contributed by atoms with Crippen molar-refractivity contribution in [2.24, 2.45) is 0 Å². The molecule has 33 heavy (non-hydrogen) atoms. The van der Waals surface area contributed by atoms with Crippen molar-refractivity contribution in [3.05, 3.63) is 0 Å². The molecule has 1 unspecified atom stereocenters. The fourth-order valence-electron chi connectivity index (χ4n) is 2.40. The van der Waals surface area contributed by atoms with Gasteiger partial charge in [0, 0.05) is 25.9 Å². The molecule has 0 aliphatic rings. The summed E-state index contributed by atoms with van der Waals surface area (Å²) in [5.74, 6) is -0.771. The Kier molecular flexibility index (Phi) is 14.2. The molecule has 10 nitrogen and oxygen atoms in total. The largest absolute Gasteiger partial charge is 0.462 e. The lowest BCUT2D eigenvalue weighted by Crippen LogP contribution is -2.33. The summed E-state index contributed by atoms with van der Waals surface area (Å²) in [7, 11) is 0. The highest BCUT2D eigenvalue weighted by Gasteiger charge is 2.17. The molecule has 0 aliphatic heterocycles. The van der Waals surface area contributed by atoms with Crippen LogP contribution >= 0.6 is 0 Å². The smallest absolute Gasteiger partial charge is 0.407 e. The summed E-state index contributed by atoms with van der Waals surface area (Å²) in [6, 6.07) is 0. The first-order chi connectivity index (χ1) is 15.2. The highest BCUT2D eigenvalue weighted by molar-refractivity contribution is 5.70. The molecule has 0 bridgehead atoms. The summed E-state index contributed by atoms with van der Waals surface area (Å²) in [6.45, 7) is 13.2. The summed E-state index contributed by atoms with van der Waals surface area (Å²) in [6.07, 6.45) is 1.23. The predicted molar refractivity (Wildman–Crippen MR) is 123 cm³/mol. The van der Waals surface area contributed by atoms with Gasteiger partial charge in [-0.25, -0.2) is 9.59 Å². The number of amides is 2. The predicted octanol–water partition coefficient (Wildman–Crippen LogP) is 3.85. The maximum absolute atomic E-state index is 11.8. The minimum absolute atomic E-state index is 0.0130. The Bertz CT molecular complexity index is 623. The molecule has 0 aliphatic carbocycles. The summed E-state index contributed by atoms with van der Waals surface area (Å²) >= 11 is 0. The maximum atomic E-state index is 11.8. The van der Waals surface area contributed by atoms with E-state index >= 15 is 0 Å². The average molecular weight is 475 g/mol. The van der Waals surface area contributed by atoms with Crippen molar-refractivity contribution in [3.8, 4) is 0 Å². The Hall–Kier alpha value is -2.52. The first-order valence-corrected chi connectivity index (χ1v) is 11.5. The number of carbonyl (C=O) groups excluding carboxylic acids is 4. The van der Waals surface area contributed by atoms with Crippen molar-refractivity contribution in [1.29, 1.82) is 0 Å². The molecular weight excluding hydrogens is 432 g/mol. The lowest BCUT2D eigenvalue weighted by molar-refractivity contribution is -0.158. The molecule has 0 aromatic heterocycles. The van der Waals surface area contributed by atoms with Crippen LogP contribution in [0.2, 0.25) is 0 Å². The van der Waals surface area contributed by atoms with Crippen molar-refractivity contribution in [2.45, 2.75) is 104 Å². The van der Waals surface area contributed by atoms with Gasteiger partial charge in [0.2, 0.25) is 0 Å². The van der Waals surface area contributed by atoms with E-state index in [0.29, 0.717) is 38.8 Å². The Balaban J connectivity index is 3.75. The van der Waals surface area contributed by atoms with Crippen LogP contribution in [0.4, 0.5) is 9.59 Å². The molecule has 0 saturated heterocycles. The highest BCUT2D eigenvalue weighted by Crippen LogP contribution is 2.08. The number of hydrogen-bond acceptors (Lipinski definition) is 8. The van der Waals surface area contributed by atoms with E-state index in [1.54, 1.807) is 48.5 Å². The molecule has 0 rings (SSSR count). The lowest BCUT2D eigenvalue weighted by Gasteiger charge is -2.19. The van der Waals surface area contributed by atoms with Crippen LogP contribution in [0.3, 0.4) is 0 Å². The molecule has 2 amide bonds. The zero-order valence-electron chi connectivity index (χ0n) is 21.2. The molecule has 0 aromatic carbocycles. The number of unbranched alkanes of at least 4 members (excludes halogenated alkanes) is 2. The minimum atomic E-state index is -0.549. The molecule has 192 valence electrons. The number of carbonyl (C=O) groups is 4. The third-order valence-corrected chi connectivity index (χ3v) is 3.76. The monoisotopic (exact) mass is 474 g/mol. The van der Waals surface area contributed by atoms with Crippen LogP contribution in [0.1, 0.15) is 87.0 Å². The van der Waals surface area contributed by atoms with Crippen LogP contribution < -0.4 is 10.6 Å². The lowest BCUT2D eigenvalue weighted by atomic mass is 10.2. The van der Waals surface area contributed by atoms with Gasteiger partial charge >= 0.3 is 24.1 Å². The molecule has 0 aromatic rings. The SMILES string of the molecule is CC(COC(=O)CCCCNC(=O)OC(C)(C)C)OC(=O)CCCCNC(=O)OC(C)(C)C. The van der Waals surface area contributed by atoms with Crippen molar-refractivity contribution in [3.63, 3.8) is 0 Å². The van der Waals surface area contributed by atoms with E-state index < -0.39 is 29.5 Å². The number of esters is 2. The summed E-state index contributed by atoms with van der Waals surface area (Å²) in [5, 5.41) is 5.25. The van der Waals surface area contributed by atoms with Crippen LogP contribution in [-0.4, -0.2) is 61.1 Å².